The molecule has 0 unspecified atom stereocenters. The molecular formula is C17H15N3O2S. The lowest BCUT2D eigenvalue weighted by atomic mass is 10.1. The average Bonchev–Trinajstić information content (AvgIpc) is 2.56. The van der Waals surface area contributed by atoms with E-state index in [1.807, 2.05) is 36.4 Å². The number of hydrogen-bond donors (Lipinski definition) is 2. The van der Waals surface area contributed by atoms with Crippen LogP contribution in [0.5, 0.6) is 0 Å². The summed E-state index contributed by atoms with van der Waals surface area (Å²) in [5.41, 5.74) is 7.92. The lowest BCUT2D eigenvalue weighted by molar-refractivity contribution is 0.601. The van der Waals surface area contributed by atoms with E-state index in [9.17, 15) is 8.42 Å². The fourth-order valence-corrected chi connectivity index (χ4v) is 3.15. The molecule has 116 valence electrons. The van der Waals surface area contributed by atoms with Crippen molar-refractivity contribution in [3.05, 3.63) is 72.9 Å². The summed E-state index contributed by atoms with van der Waals surface area (Å²) in [6.07, 6.45) is 1.23. The predicted octanol–water partition coefficient (Wildman–Crippen LogP) is 3.13. The molecule has 0 saturated heterocycles. The quantitative estimate of drug-likeness (QED) is 0.772. The van der Waals surface area contributed by atoms with Crippen molar-refractivity contribution >= 4 is 21.5 Å². The molecule has 0 aliphatic heterocycles. The molecule has 0 atom stereocenters. The van der Waals surface area contributed by atoms with Crippen molar-refractivity contribution in [2.24, 2.45) is 0 Å². The maximum absolute atomic E-state index is 12.4. The molecule has 2 aromatic carbocycles. The van der Waals surface area contributed by atoms with Crippen LogP contribution in [0.2, 0.25) is 0 Å². The van der Waals surface area contributed by atoms with Gasteiger partial charge < -0.3 is 5.73 Å². The summed E-state index contributed by atoms with van der Waals surface area (Å²) in [6, 6.07) is 19.9. The van der Waals surface area contributed by atoms with Gasteiger partial charge in [0.05, 0.1) is 0 Å². The van der Waals surface area contributed by atoms with Crippen LogP contribution in [-0.4, -0.2) is 13.4 Å². The van der Waals surface area contributed by atoms with Crippen molar-refractivity contribution in [3.63, 3.8) is 0 Å². The Morgan fingerprint density at radius 2 is 1.61 bits per heavy atom. The third kappa shape index (κ3) is 3.49. The standard InChI is InChI=1S/C17H15N3O2S/c18-17-10-9-16(12-19-17)23(21,22)20-15-8-4-7-14(11-15)13-5-2-1-3-6-13/h1-12,20H,(H2,18,19). The topological polar surface area (TPSA) is 85.1 Å². The summed E-state index contributed by atoms with van der Waals surface area (Å²) < 4.78 is 27.3. The normalized spacial score (nSPS) is 11.1. The summed E-state index contributed by atoms with van der Waals surface area (Å²) in [7, 11) is -3.70. The number of benzene rings is 2. The average molecular weight is 325 g/mol. The highest BCUT2D eigenvalue weighted by atomic mass is 32.2. The molecule has 3 N–H and O–H groups in total. The Hall–Kier alpha value is -2.86. The number of pyridine rings is 1. The van der Waals surface area contributed by atoms with E-state index in [1.165, 1.54) is 18.3 Å². The zero-order valence-corrected chi connectivity index (χ0v) is 13.0. The van der Waals surface area contributed by atoms with E-state index in [4.69, 9.17) is 5.73 Å². The highest BCUT2D eigenvalue weighted by Crippen LogP contribution is 2.24. The minimum Gasteiger partial charge on any atom is -0.384 e. The van der Waals surface area contributed by atoms with Gasteiger partial charge in [0.2, 0.25) is 0 Å². The molecule has 5 nitrogen and oxygen atoms in total. The minimum atomic E-state index is -3.70. The Bertz CT molecular complexity index is 908. The number of sulfonamides is 1. The second-order valence-corrected chi connectivity index (χ2v) is 6.65. The van der Waals surface area contributed by atoms with E-state index in [-0.39, 0.29) is 10.7 Å². The highest BCUT2D eigenvalue weighted by molar-refractivity contribution is 7.92. The molecule has 3 aromatic rings. The lowest BCUT2D eigenvalue weighted by Crippen LogP contribution is -2.13. The molecule has 0 bridgehead atoms. The Morgan fingerprint density at radius 1 is 0.870 bits per heavy atom. The van der Waals surface area contributed by atoms with Crippen molar-refractivity contribution in [1.29, 1.82) is 0 Å². The number of nitrogens with one attached hydrogen (secondary N) is 1. The number of rotatable bonds is 4. The first-order chi connectivity index (χ1) is 11.0. The van der Waals surface area contributed by atoms with Crippen molar-refractivity contribution in [2.45, 2.75) is 4.90 Å². The van der Waals surface area contributed by atoms with Gasteiger partial charge in [-0.2, -0.15) is 0 Å². The molecule has 1 aromatic heterocycles. The van der Waals surface area contributed by atoms with Gasteiger partial charge in [0.15, 0.2) is 0 Å². The van der Waals surface area contributed by atoms with E-state index < -0.39 is 10.0 Å². The van der Waals surface area contributed by atoms with Crippen LogP contribution in [0.3, 0.4) is 0 Å². The first kappa shape index (κ1) is 15.1. The van der Waals surface area contributed by atoms with E-state index in [2.05, 4.69) is 9.71 Å². The summed E-state index contributed by atoms with van der Waals surface area (Å²) >= 11 is 0. The smallest absolute Gasteiger partial charge is 0.263 e. The van der Waals surface area contributed by atoms with Gasteiger partial charge in [0.25, 0.3) is 10.0 Å². The van der Waals surface area contributed by atoms with Gasteiger partial charge in [-0.25, -0.2) is 13.4 Å². The third-order valence-corrected chi connectivity index (χ3v) is 4.66. The highest BCUT2D eigenvalue weighted by Gasteiger charge is 2.14. The SMILES string of the molecule is Nc1ccc(S(=O)(=O)Nc2cccc(-c3ccccc3)c2)cn1. The van der Waals surface area contributed by atoms with Crippen LogP contribution in [0.1, 0.15) is 0 Å². The molecule has 6 heteroatoms. The van der Waals surface area contributed by atoms with Crippen LogP contribution in [0.4, 0.5) is 11.5 Å². The number of anilines is 2. The first-order valence-corrected chi connectivity index (χ1v) is 8.43. The van der Waals surface area contributed by atoms with E-state index in [0.717, 1.165) is 11.1 Å². The Balaban J connectivity index is 1.90. The number of nitrogens with zero attached hydrogens (tertiary/aromatic N) is 1. The molecule has 0 saturated carbocycles. The maximum atomic E-state index is 12.4. The fourth-order valence-electron chi connectivity index (χ4n) is 2.16. The van der Waals surface area contributed by atoms with Crippen molar-refractivity contribution in [3.8, 4) is 11.1 Å². The molecule has 0 aliphatic rings. The van der Waals surface area contributed by atoms with Crippen molar-refractivity contribution < 1.29 is 8.42 Å². The lowest BCUT2D eigenvalue weighted by Gasteiger charge is -2.09. The van der Waals surface area contributed by atoms with Crippen LogP contribution >= 0.6 is 0 Å². The van der Waals surface area contributed by atoms with Gasteiger partial charge >= 0.3 is 0 Å². The van der Waals surface area contributed by atoms with Crippen LogP contribution in [0.15, 0.2) is 77.8 Å². The van der Waals surface area contributed by atoms with Gasteiger partial charge in [-0.3, -0.25) is 4.72 Å². The fraction of sp³-hybridized carbons (Fsp3) is 0. The molecular weight excluding hydrogens is 310 g/mol. The largest absolute Gasteiger partial charge is 0.384 e. The van der Waals surface area contributed by atoms with Crippen molar-refractivity contribution in [2.75, 3.05) is 10.5 Å². The van der Waals surface area contributed by atoms with Gasteiger partial charge in [-0.05, 0) is 35.4 Å². The molecule has 1 heterocycles. The van der Waals surface area contributed by atoms with Crippen LogP contribution in [0.25, 0.3) is 11.1 Å². The van der Waals surface area contributed by atoms with Gasteiger partial charge in [0, 0.05) is 11.9 Å². The summed E-state index contributed by atoms with van der Waals surface area (Å²) in [5, 5.41) is 0. The second kappa shape index (κ2) is 6.10. The van der Waals surface area contributed by atoms with Gasteiger partial charge in [0.1, 0.15) is 10.7 Å². The molecule has 23 heavy (non-hydrogen) atoms. The molecule has 0 amide bonds. The van der Waals surface area contributed by atoms with Crippen molar-refractivity contribution in [1.82, 2.24) is 4.98 Å². The number of nitrogens with two attached hydrogens (primary N) is 1. The minimum absolute atomic E-state index is 0.0665. The maximum Gasteiger partial charge on any atom is 0.263 e. The zero-order chi connectivity index (χ0) is 16.3. The Kier molecular flexibility index (Phi) is 3.99. The van der Waals surface area contributed by atoms with Crippen LogP contribution < -0.4 is 10.5 Å². The molecule has 3 rings (SSSR count). The van der Waals surface area contributed by atoms with Gasteiger partial charge in [-0.1, -0.05) is 42.5 Å². The number of aromatic nitrogens is 1. The predicted molar refractivity (Wildman–Crippen MR) is 91.3 cm³/mol. The molecule has 0 spiro atoms. The molecule has 0 fully saturated rings. The van der Waals surface area contributed by atoms with Crippen LogP contribution in [-0.2, 0) is 10.0 Å². The Labute approximate surface area is 134 Å². The zero-order valence-electron chi connectivity index (χ0n) is 12.2. The number of nitrogen functional groups attached to an aromatic ring is 1. The number of hydrogen-bond acceptors (Lipinski definition) is 4. The molecule has 0 aliphatic carbocycles. The first-order valence-electron chi connectivity index (χ1n) is 6.94. The van der Waals surface area contributed by atoms with E-state index in [0.29, 0.717) is 5.69 Å². The van der Waals surface area contributed by atoms with E-state index >= 15 is 0 Å². The Morgan fingerprint density at radius 3 is 2.30 bits per heavy atom. The van der Waals surface area contributed by atoms with E-state index in [1.54, 1.807) is 18.2 Å². The van der Waals surface area contributed by atoms with Crippen LogP contribution in [0, 0.1) is 0 Å². The monoisotopic (exact) mass is 325 g/mol. The summed E-state index contributed by atoms with van der Waals surface area (Å²) in [5.74, 6) is 0.273. The van der Waals surface area contributed by atoms with Gasteiger partial charge in [-0.15, -0.1) is 0 Å². The molecule has 0 radical (unpaired) electrons. The summed E-state index contributed by atoms with van der Waals surface area (Å²) in [4.78, 5) is 3.88. The third-order valence-electron chi connectivity index (χ3n) is 3.29. The second-order valence-electron chi connectivity index (χ2n) is 4.97. The summed E-state index contributed by atoms with van der Waals surface area (Å²) in [6.45, 7) is 0.